The summed E-state index contributed by atoms with van der Waals surface area (Å²) in [5.74, 6) is -135. The zero-order chi connectivity index (χ0) is 42.4. The molecule has 0 rings (SSSR count). The van der Waals surface area contributed by atoms with Crippen LogP contribution < -0.4 is 0 Å². The molecule has 0 bridgehead atoms. The molecular formula is C18HF31O2. The molecule has 0 amide bonds. The van der Waals surface area contributed by atoms with Crippen LogP contribution in [-0.2, 0) is 4.79 Å². The second-order valence-corrected chi connectivity index (χ2v) is 8.95. The number of carboxylic acid groups (broad SMARTS) is 1. The predicted molar refractivity (Wildman–Crippen MR) is 91.5 cm³/mol. The van der Waals surface area contributed by atoms with Gasteiger partial charge in [-0.2, -0.15) is 119 Å². The van der Waals surface area contributed by atoms with Crippen molar-refractivity contribution in [3.63, 3.8) is 0 Å². The van der Waals surface area contributed by atoms with E-state index < -0.39 is 107 Å². The fraction of sp³-hybridized carbons (Fsp3) is 0.722. The minimum absolute atomic E-state index is 4.70. The van der Waals surface area contributed by atoms with Gasteiger partial charge in [-0.3, -0.25) is 0 Å². The van der Waals surface area contributed by atoms with Crippen LogP contribution >= 0.6 is 0 Å². The highest BCUT2D eigenvalue weighted by Gasteiger charge is 2.94. The second-order valence-electron chi connectivity index (χ2n) is 8.95. The van der Waals surface area contributed by atoms with Crippen molar-refractivity contribution in [3.05, 3.63) is 23.3 Å². The monoisotopic (exact) mass is 838 g/mol. The molecule has 0 unspecified atom stereocenters. The number of carbonyl (C=O) groups is 1. The summed E-state index contributed by atoms with van der Waals surface area (Å²) in [6.45, 7) is 0. The number of hydrogen-bond donors (Lipinski definition) is 1. The van der Waals surface area contributed by atoms with Gasteiger partial charge in [-0.25, -0.2) is 22.4 Å². The first kappa shape index (κ1) is 47.8. The molecule has 0 aliphatic heterocycles. The van der Waals surface area contributed by atoms with Crippen LogP contribution in [0.4, 0.5) is 136 Å². The minimum Gasteiger partial charge on any atom is -0.477 e. The third kappa shape index (κ3) is 6.02. The molecule has 0 aromatic carbocycles. The molecule has 0 saturated heterocycles. The number of hydrogen-bond acceptors (Lipinski definition) is 1. The van der Waals surface area contributed by atoms with Gasteiger partial charge in [0.15, 0.2) is 0 Å². The molecule has 0 aromatic heterocycles. The van der Waals surface area contributed by atoms with E-state index >= 15 is 0 Å². The Labute approximate surface area is 254 Å². The lowest BCUT2D eigenvalue weighted by molar-refractivity contribution is -0.436. The van der Waals surface area contributed by atoms with Gasteiger partial charge in [-0.15, -0.1) is 0 Å². The maximum atomic E-state index is 13.7. The summed E-state index contributed by atoms with van der Waals surface area (Å²) in [5.41, 5.74) is 0. The lowest BCUT2D eigenvalue weighted by Gasteiger charge is -2.41. The van der Waals surface area contributed by atoms with Crippen molar-refractivity contribution in [2.75, 3.05) is 0 Å². The fourth-order valence-corrected chi connectivity index (χ4v) is 2.62. The van der Waals surface area contributed by atoms with Gasteiger partial charge in [0.05, 0.1) is 0 Å². The van der Waals surface area contributed by atoms with Gasteiger partial charge in [0, 0.05) is 0 Å². The first-order valence-electron chi connectivity index (χ1n) is 10.5. The highest BCUT2D eigenvalue weighted by Crippen LogP contribution is 2.64. The van der Waals surface area contributed by atoms with Crippen molar-refractivity contribution in [2.24, 2.45) is 0 Å². The summed E-state index contributed by atoms with van der Waals surface area (Å²) in [7, 11) is 0. The Kier molecular flexibility index (Phi) is 11.4. The average Bonchev–Trinajstić information content (AvgIpc) is 2.93. The third-order valence-corrected chi connectivity index (χ3v) is 5.66. The van der Waals surface area contributed by atoms with Crippen molar-refractivity contribution >= 4 is 5.97 Å². The van der Waals surface area contributed by atoms with Gasteiger partial charge in [0.25, 0.3) is 0 Å². The van der Waals surface area contributed by atoms with Crippen LogP contribution in [0, 0.1) is 0 Å². The van der Waals surface area contributed by atoms with E-state index in [2.05, 4.69) is 0 Å². The van der Waals surface area contributed by atoms with Crippen molar-refractivity contribution < 1.29 is 146 Å². The van der Waals surface area contributed by atoms with Crippen LogP contribution in [0.5, 0.6) is 0 Å². The van der Waals surface area contributed by atoms with Crippen LogP contribution in [0.15, 0.2) is 23.3 Å². The van der Waals surface area contributed by atoms with Gasteiger partial charge < -0.3 is 5.11 Å². The molecule has 2 nitrogen and oxygen atoms in total. The molecule has 0 aliphatic carbocycles. The molecule has 0 fully saturated rings. The van der Waals surface area contributed by atoms with Gasteiger partial charge in [0.1, 0.15) is 0 Å². The molecule has 0 saturated carbocycles. The Morgan fingerprint density at radius 1 is 0.294 bits per heavy atom. The zero-order valence-corrected chi connectivity index (χ0v) is 21.6. The van der Waals surface area contributed by atoms with E-state index in [1.54, 1.807) is 0 Å². The Hall–Kier alpha value is -3.22. The third-order valence-electron chi connectivity index (χ3n) is 5.66. The van der Waals surface area contributed by atoms with E-state index in [9.17, 15) is 141 Å². The van der Waals surface area contributed by atoms with Crippen molar-refractivity contribution in [2.45, 2.75) is 77.2 Å². The molecule has 33 heteroatoms. The van der Waals surface area contributed by atoms with E-state index in [0.717, 1.165) is 0 Å². The summed E-state index contributed by atoms with van der Waals surface area (Å²) < 4.78 is 411. The van der Waals surface area contributed by atoms with Crippen LogP contribution in [0.25, 0.3) is 0 Å². The molecule has 0 atom stereocenters. The number of carboxylic acids is 1. The number of allylic oxidation sites excluding steroid dienone is 4. The van der Waals surface area contributed by atoms with Crippen molar-refractivity contribution in [1.29, 1.82) is 0 Å². The van der Waals surface area contributed by atoms with Gasteiger partial charge >= 0.3 is 83.2 Å². The Morgan fingerprint density at radius 2 is 0.490 bits per heavy atom. The van der Waals surface area contributed by atoms with Crippen molar-refractivity contribution in [3.8, 4) is 0 Å². The van der Waals surface area contributed by atoms with E-state index in [0.29, 0.717) is 0 Å². The van der Waals surface area contributed by atoms with Gasteiger partial charge in [-0.1, -0.05) is 0 Å². The van der Waals surface area contributed by atoms with Crippen molar-refractivity contribution in [1.82, 2.24) is 0 Å². The highest BCUT2D eigenvalue weighted by atomic mass is 19.4. The van der Waals surface area contributed by atoms with E-state index in [4.69, 9.17) is 5.11 Å². The Bertz CT molecular complexity index is 1410. The largest absolute Gasteiger partial charge is 0.477 e. The number of halogens is 31. The normalized spacial score (nSPS) is 17.3. The lowest BCUT2D eigenvalue weighted by Crippen LogP contribution is -2.73. The molecular weight excluding hydrogens is 837 g/mol. The molecule has 0 spiro atoms. The number of rotatable bonds is 14. The summed E-state index contributed by atoms with van der Waals surface area (Å²) in [6.07, 6.45) is -8.11. The van der Waals surface area contributed by atoms with E-state index in [-0.39, 0.29) is 0 Å². The molecule has 0 aliphatic rings. The number of aliphatic carboxylic acids is 1. The lowest BCUT2D eigenvalue weighted by atomic mass is 9.88. The fourth-order valence-electron chi connectivity index (χ4n) is 2.62. The number of alkyl halides is 27. The molecule has 51 heavy (non-hydrogen) atoms. The SMILES string of the molecule is O=C(O)C(F)(F)C(F)(F)C(F)(F)C(F)(F)C(F)(F)C(F)(F)C(F)(F)C(F)=C(F)C(F)(F)C(F)=C(F)C(F)(F)C(F)(F)C(F)(F)C(F)(F)C(F)(F)F. The second kappa shape index (κ2) is 12.2. The van der Waals surface area contributed by atoms with Crippen LogP contribution in [0.3, 0.4) is 0 Å². The maximum absolute atomic E-state index is 13.7. The topological polar surface area (TPSA) is 37.3 Å². The predicted octanol–water partition coefficient (Wildman–Crippen LogP) is 10.6. The van der Waals surface area contributed by atoms with E-state index in [1.165, 1.54) is 0 Å². The van der Waals surface area contributed by atoms with Gasteiger partial charge in [-0.05, 0) is 0 Å². The standard InChI is InChI=1S/C18HF31O2/c19-1(6(23,24)2(20)4(22)8(27,28)11(33,34)15(41,42)17(45,46)18(47,48)49)3(21)7(25,26)10(31,32)13(37,38)16(43,44)14(39,40)12(35,36)9(29,30)5(50)51/h(H,50,51). The maximum Gasteiger partial charge on any atom is 0.460 e. The first-order chi connectivity index (χ1) is 21.6. The van der Waals surface area contributed by atoms with E-state index in [1.807, 2.05) is 0 Å². The Morgan fingerprint density at radius 3 is 0.706 bits per heavy atom. The summed E-state index contributed by atoms with van der Waals surface area (Å²) in [6, 6.07) is 0. The summed E-state index contributed by atoms with van der Waals surface area (Å²) in [5, 5.41) is 7.70. The quantitative estimate of drug-likeness (QED) is 0.177. The smallest absolute Gasteiger partial charge is 0.460 e. The summed E-state index contributed by atoms with van der Waals surface area (Å²) in [4.78, 5) is 9.96. The van der Waals surface area contributed by atoms with Crippen LogP contribution in [0.1, 0.15) is 0 Å². The Balaban J connectivity index is 7.59. The average molecular weight is 838 g/mol. The molecule has 0 radical (unpaired) electrons. The molecule has 302 valence electrons. The zero-order valence-electron chi connectivity index (χ0n) is 21.6. The van der Waals surface area contributed by atoms with Gasteiger partial charge in [0.2, 0.25) is 23.3 Å². The first-order valence-corrected chi connectivity index (χ1v) is 10.5. The minimum atomic E-state index is -9.46. The summed E-state index contributed by atoms with van der Waals surface area (Å²) >= 11 is 0. The van der Waals surface area contributed by atoms with Crippen LogP contribution in [0.2, 0.25) is 0 Å². The molecule has 0 aromatic rings. The highest BCUT2D eigenvalue weighted by molar-refractivity contribution is 5.77. The molecule has 1 N–H and O–H groups in total. The molecule has 0 heterocycles. The van der Waals surface area contributed by atoms with Crippen LogP contribution in [-0.4, -0.2) is 88.3 Å².